The number of aromatic nitrogens is 1. The lowest BCUT2D eigenvalue weighted by Crippen LogP contribution is -1.84. The van der Waals surface area contributed by atoms with Gasteiger partial charge in [0.05, 0.1) is 10.0 Å². The van der Waals surface area contributed by atoms with Gasteiger partial charge in [-0.15, -0.1) is 11.3 Å². The normalized spacial score (nSPS) is 10.4. The number of halogens is 2. The lowest BCUT2D eigenvalue weighted by atomic mass is 10.1. The summed E-state index contributed by atoms with van der Waals surface area (Å²) in [5, 5.41) is 5.12. The van der Waals surface area contributed by atoms with Gasteiger partial charge >= 0.3 is 0 Å². The molecule has 0 spiro atoms. The molecule has 16 heavy (non-hydrogen) atoms. The van der Waals surface area contributed by atoms with Gasteiger partial charge in [0.2, 0.25) is 0 Å². The maximum absolute atomic E-state index is 5.96. The van der Waals surface area contributed by atoms with Gasteiger partial charge in [0.1, 0.15) is 0 Å². The van der Waals surface area contributed by atoms with Gasteiger partial charge in [-0.05, 0) is 17.7 Å². The third-order valence-electron chi connectivity index (χ3n) is 2.13. The van der Waals surface area contributed by atoms with Crippen molar-refractivity contribution in [3.05, 3.63) is 44.9 Å². The van der Waals surface area contributed by atoms with E-state index in [0.717, 1.165) is 17.1 Å². The first-order valence-corrected chi connectivity index (χ1v) is 6.32. The maximum atomic E-state index is 5.96. The molecule has 1 N–H and O–H groups in total. The Balaban J connectivity index is 2.17. The van der Waals surface area contributed by atoms with E-state index in [2.05, 4.69) is 10.3 Å². The monoisotopic (exact) mass is 272 g/mol. The molecular formula is C11H10Cl2N2S. The van der Waals surface area contributed by atoms with Crippen molar-refractivity contribution in [3.8, 4) is 0 Å². The van der Waals surface area contributed by atoms with E-state index in [1.54, 1.807) is 11.3 Å². The van der Waals surface area contributed by atoms with Crippen molar-refractivity contribution in [1.82, 2.24) is 4.98 Å². The molecule has 5 heteroatoms. The Morgan fingerprint density at radius 1 is 1.31 bits per heavy atom. The summed E-state index contributed by atoms with van der Waals surface area (Å²) in [5.74, 6) is 0. The fourth-order valence-corrected chi connectivity index (χ4v) is 2.48. The first kappa shape index (κ1) is 11.7. The van der Waals surface area contributed by atoms with E-state index in [4.69, 9.17) is 23.2 Å². The summed E-state index contributed by atoms with van der Waals surface area (Å²) in [5.41, 5.74) is 1.14. The molecule has 2 aromatic rings. The molecule has 0 saturated carbocycles. The quantitative estimate of drug-likeness (QED) is 0.911. The van der Waals surface area contributed by atoms with Crippen molar-refractivity contribution in [3.63, 3.8) is 0 Å². The average Bonchev–Trinajstić information content (AvgIpc) is 2.71. The van der Waals surface area contributed by atoms with E-state index < -0.39 is 0 Å². The zero-order valence-electron chi connectivity index (χ0n) is 8.63. The molecule has 1 heterocycles. The van der Waals surface area contributed by atoms with Crippen LogP contribution in [-0.2, 0) is 6.42 Å². The van der Waals surface area contributed by atoms with E-state index in [1.807, 2.05) is 31.4 Å². The predicted molar refractivity (Wildman–Crippen MR) is 70.9 cm³/mol. The lowest BCUT2D eigenvalue weighted by molar-refractivity contribution is 1.22. The first-order valence-electron chi connectivity index (χ1n) is 4.75. The molecule has 2 rings (SSSR count). The van der Waals surface area contributed by atoms with E-state index >= 15 is 0 Å². The van der Waals surface area contributed by atoms with Gasteiger partial charge in [-0.25, -0.2) is 4.98 Å². The number of hydrogen-bond acceptors (Lipinski definition) is 3. The van der Waals surface area contributed by atoms with Gasteiger partial charge in [0, 0.05) is 24.5 Å². The second kappa shape index (κ2) is 5.04. The van der Waals surface area contributed by atoms with Gasteiger partial charge in [-0.3, -0.25) is 0 Å². The van der Waals surface area contributed by atoms with E-state index in [9.17, 15) is 0 Å². The highest BCUT2D eigenvalue weighted by atomic mass is 35.5. The minimum Gasteiger partial charge on any atom is -0.365 e. The number of hydrogen-bond donors (Lipinski definition) is 1. The molecule has 0 unspecified atom stereocenters. The summed E-state index contributed by atoms with van der Waals surface area (Å²) in [7, 11) is 1.86. The summed E-state index contributed by atoms with van der Waals surface area (Å²) in [6, 6.07) is 5.69. The third-order valence-corrected chi connectivity index (χ3v) is 3.88. The number of rotatable bonds is 3. The molecule has 0 aliphatic rings. The smallest absolute Gasteiger partial charge is 0.182 e. The van der Waals surface area contributed by atoms with Crippen LogP contribution in [0.3, 0.4) is 0 Å². The largest absolute Gasteiger partial charge is 0.365 e. The Morgan fingerprint density at radius 3 is 2.75 bits per heavy atom. The van der Waals surface area contributed by atoms with Crippen molar-refractivity contribution in [2.75, 3.05) is 12.4 Å². The van der Waals surface area contributed by atoms with E-state index in [1.165, 1.54) is 4.88 Å². The summed E-state index contributed by atoms with van der Waals surface area (Å²) in [6.45, 7) is 0. The van der Waals surface area contributed by atoms with Crippen molar-refractivity contribution < 1.29 is 0 Å². The molecule has 0 fully saturated rings. The lowest BCUT2D eigenvalue weighted by Gasteiger charge is -2.00. The molecule has 0 saturated heterocycles. The molecule has 0 aliphatic heterocycles. The molecule has 2 nitrogen and oxygen atoms in total. The second-order valence-electron chi connectivity index (χ2n) is 3.31. The Labute approximate surface area is 108 Å². The van der Waals surface area contributed by atoms with E-state index in [-0.39, 0.29) is 0 Å². The molecule has 0 bridgehead atoms. The van der Waals surface area contributed by atoms with Gasteiger partial charge in [0.25, 0.3) is 0 Å². The van der Waals surface area contributed by atoms with Crippen molar-refractivity contribution in [2.24, 2.45) is 0 Å². The van der Waals surface area contributed by atoms with Crippen molar-refractivity contribution in [2.45, 2.75) is 6.42 Å². The van der Waals surface area contributed by atoms with Crippen molar-refractivity contribution in [1.29, 1.82) is 0 Å². The highest BCUT2D eigenvalue weighted by molar-refractivity contribution is 7.15. The maximum Gasteiger partial charge on any atom is 0.182 e. The van der Waals surface area contributed by atoms with Gasteiger partial charge in [-0.2, -0.15) is 0 Å². The number of benzene rings is 1. The molecule has 0 amide bonds. The third kappa shape index (κ3) is 2.67. The second-order valence-corrected chi connectivity index (χ2v) is 5.24. The highest BCUT2D eigenvalue weighted by Gasteiger charge is 2.04. The number of anilines is 1. The molecule has 1 aromatic carbocycles. The van der Waals surface area contributed by atoms with Crippen LogP contribution in [0.15, 0.2) is 24.4 Å². The zero-order valence-corrected chi connectivity index (χ0v) is 11.0. The molecular weight excluding hydrogens is 263 g/mol. The van der Waals surface area contributed by atoms with E-state index in [0.29, 0.717) is 10.0 Å². The van der Waals surface area contributed by atoms with Crippen LogP contribution >= 0.6 is 34.5 Å². The number of nitrogens with one attached hydrogen (secondary N) is 1. The Morgan fingerprint density at radius 2 is 2.12 bits per heavy atom. The first-order chi connectivity index (χ1) is 7.69. The Hall–Kier alpha value is -0.770. The molecule has 1 aromatic heterocycles. The minimum absolute atomic E-state index is 0.589. The fourth-order valence-electron chi connectivity index (χ4n) is 1.36. The van der Waals surface area contributed by atoms with Gasteiger partial charge < -0.3 is 5.32 Å². The summed E-state index contributed by atoms with van der Waals surface area (Å²) in [4.78, 5) is 5.42. The van der Waals surface area contributed by atoms with Crippen LogP contribution in [0.25, 0.3) is 0 Å². The van der Waals surface area contributed by atoms with Crippen molar-refractivity contribution >= 4 is 39.7 Å². The topological polar surface area (TPSA) is 24.9 Å². The standard InChI is InChI=1S/C11H10Cl2N2S/c1-14-11-15-6-8(16-11)4-7-2-3-9(12)10(13)5-7/h2-3,5-6H,4H2,1H3,(H,14,15). The van der Waals surface area contributed by atoms with Crippen LogP contribution in [0.2, 0.25) is 10.0 Å². The summed E-state index contributed by atoms with van der Waals surface area (Å²) < 4.78 is 0. The van der Waals surface area contributed by atoms with Crippen LogP contribution in [0.5, 0.6) is 0 Å². The number of thiazole rings is 1. The molecule has 0 aliphatic carbocycles. The van der Waals surface area contributed by atoms with Crippen LogP contribution in [-0.4, -0.2) is 12.0 Å². The predicted octanol–water partition coefficient (Wildman–Crippen LogP) is 4.08. The van der Waals surface area contributed by atoms with Crippen LogP contribution in [0, 0.1) is 0 Å². The Kier molecular flexibility index (Phi) is 3.69. The molecule has 84 valence electrons. The summed E-state index contributed by atoms with van der Waals surface area (Å²) >= 11 is 13.5. The van der Waals surface area contributed by atoms with Crippen LogP contribution < -0.4 is 5.32 Å². The van der Waals surface area contributed by atoms with Gasteiger partial charge in [0.15, 0.2) is 5.13 Å². The van der Waals surface area contributed by atoms with Crippen LogP contribution in [0.4, 0.5) is 5.13 Å². The summed E-state index contributed by atoms with van der Waals surface area (Å²) in [6.07, 6.45) is 2.70. The van der Waals surface area contributed by atoms with Crippen LogP contribution in [0.1, 0.15) is 10.4 Å². The SMILES string of the molecule is CNc1ncc(Cc2ccc(Cl)c(Cl)c2)s1. The Bertz CT molecular complexity index is 496. The average molecular weight is 273 g/mol. The van der Waals surface area contributed by atoms with Gasteiger partial charge in [-0.1, -0.05) is 29.3 Å². The molecule has 0 atom stereocenters. The zero-order chi connectivity index (χ0) is 11.5. The minimum atomic E-state index is 0.589. The fraction of sp³-hybridized carbons (Fsp3) is 0.182. The highest BCUT2D eigenvalue weighted by Crippen LogP contribution is 2.26. The number of nitrogens with zero attached hydrogens (tertiary/aromatic N) is 1. The molecule has 0 radical (unpaired) electrons.